The number of Topliss-reactive ketones (excluding diaryl/α,β-unsaturated/α-hetero) is 1. The molecule has 0 aliphatic rings. The normalized spacial score (nSPS) is 11.9. The lowest BCUT2D eigenvalue weighted by Gasteiger charge is -2.13. The maximum absolute atomic E-state index is 12.9. The summed E-state index contributed by atoms with van der Waals surface area (Å²) in [5.41, 5.74) is 5.66. The predicted molar refractivity (Wildman–Crippen MR) is 145 cm³/mol. The molecule has 3 aromatic carbocycles. The number of anilines is 1. The van der Waals surface area contributed by atoms with Gasteiger partial charge in [0.1, 0.15) is 0 Å². The van der Waals surface area contributed by atoms with Gasteiger partial charge in [0.2, 0.25) is 10.0 Å². The van der Waals surface area contributed by atoms with E-state index in [2.05, 4.69) is 28.5 Å². The number of hydrogen-bond acceptors (Lipinski definition) is 6. The molecule has 0 radical (unpaired) electrons. The van der Waals surface area contributed by atoms with Gasteiger partial charge in [-0.2, -0.15) is 0 Å². The molecule has 5 rings (SSSR count). The molecule has 0 bridgehead atoms. The topological polar surface area (TPSA) is 119 Å². The summed E-state index contributed by atoms with van der Waals surface area (Å²) in [6, 6.07) is 21.4. The minimum absolute atomic E-state index is 0.0198. The van der Waals surface area contributed by atoms with E-state index in [1.165, 1.54) is 12.1 Å². The number of carbonyl (C=O) groups excluding carboxylic acids is 1. The summed E-state index contributed by atoms with van der Waals surface area (Å²) in [4.78, 5) is 22.4. The number of carbonyl (C=O) groups is 1. The zero-order valence-electron chi connectivity index (χ0n) is 20.5. The highest BCUT2D eigenvalue weighted by Crippen LogP contribution is 2.29. The Morgan fingerprint density at radius 3 is 2.38 bits per heavy atom. The summed E-state index contributed by atoms with van der Waals surface area (Å²) in [7, 11) is -3.77. The van der Waals surface area contributed by atoms with Crippen LogP contribution in [0.1, 0.15) is 29.8 Å². The van der Waals surface area contributed by atoms with E-state index in [0.717, 1.165) is 40.3 Å². The minimum atomic E-state index is -3.77. The quantitative estimate of drug-likeness (QED) is 0.291. The number of para-hydroxylation sites is 2. The average molecular weight is 514 g/mol. The number of nitrogens with one attached hydrogen (secondary N) is 1. The van der Waals surface area contributed by atoms with Gasteiger partial charge in [-0.05, 0) is 35.7 Å². The number of rotatable bonds is 8. The summed E-state index contributed by atoms with van der Waals surface area (Å²) < 4.78 is 25.0. The first-order valence-electron chi connectivity index (χ1n) is 12.0. The second-order valence-corrected chi connectivity index (χ2v) is 11.0. The largest absolute Gasteiger partial charge is 0.367 e. The lowest BCUT2D eigenvalue weighted by Crippen LogP contribution is -2.12. The van der Waals surface area contributed by atoms with E-state index in [4.69, 9.17) is 10.1 Å². The fourth-order valence-electron chi connectivity index (χ4n) is 4.22. The molecular weight excluding hydrogens is 486 g/mol. The van der Waals surface area contributed by atoms with Crippen molar-refractivity contribution >= 4 is 38.3 Å². The maximum Gasteiger partial charge on any atom is 0.238 e. The zero-order valence-corrected chi connectivity index (χ0v) is 21.4. The number of fused-ring (bicyclic) bond motifs is 3. The molecular formula is C28H27N5O3S. The monoisotopic (exact) mass is 513 g/mol. The molecule has 37 heavy (non-hydrogen) atoms. The second-order valence-electron chi connectivity index (χ2n) is 9.39. The van der Waals surface area contributed by atoms with E-state index < -0.39 is 10.0 Å². The van der Waals surface area contributed by atoms with Gasteiger partial charge < -0.3 is 5.32 Å². The number of primary sulfonamides is 1. The molecule has 0 unspecified atom stereocenters. The molecule has 188 valence electrons. The average Bonchev–Trinajstić information content (AvgIpc) is 3.33. The van der Waals surface area contributed by atoms with Crippen molar-refractivity contribution in [2.45, 2.75) is 25.2 Å². The van der Waals surface area contributed by atoms with Crippen LogP contribution in [0.2, 0.25) is 0 Å². The molecule has 9 heteroatoms. The molecule has 0 atom stereocenters. The standard InChI is InChI=1S/C28H27N5O3S/c1-18(2)16-30-27-28-31-17-25(33(28)24-6-4-3-5-23(24)32-27)20-9-11-21(12-10-20)26(34)15-19-7-13-22(14-8-19)37(29,35)36/h3-14,17-18H,15-16H2,1-2H3,(H,30,32)(H2,29,35,36). The molecule has 0 aliphatic carbocycles. The van der Waals surface area contributed by atoms with Crippen LogP contribution < -0.4 is 10.5 Å². The SMILES string of the molecule is CC(C)CNc1nc2ccccc2n2c(-c3ccc(C(=O)Cc4ccc(S(N)(=O)=O)cc4)cc3)cnc12. The first-order chi connectivity index (χ1) is 17.7. The molecule has 0 saturated carbocycles. The van der Waals surface area contributed by atoms with Gasteiger partial charge in [-0.1, -0.05) is 62.4 Å². The van der Waals surface area contributed by atoms with Crippen LogP contribution in [-0.2, 0) is 16.4 Å². The Morgan fingerprint density at radius 2 is 1.70 bits per heavy atom. The zero-order chi connectivity index (χ0) is 26.2. The van der Waals surface area contributed by atoms with Crippen molar-refractivity contribution in [3.63, 3.8) is 0 Å². The van der Waals surface area contributed by atoms with Crippen molar-refractivity contribution in [3.05, 3.63) is 90.1 Å². The van der Waals surface area contributed by atoms with Crippen molar-refractivity contribution in [2.75, 3.05) is 11.9 Å². The molecule has 8 nitrogen and oxygen atoms in total. The number of sulfonamides is 1. The fourth-order valence-corrected chi connectivity index (χ4v) is 4.73. The highest BCUT2D eigenvalue weighted by atomic mass is 32.2. The summed E-state index contributed by atoms with van der Waals surface area (Å²) >= 11 is 0. The lowest BCUT2D eigenvalue weighted by atomic mass is 10.0. The van der Waals surface area contributed by atoms with E-state index in [0.29, 0.717) is 17.0 Å². The van der Waals surface area contributed by atoms with Gasteiger partial charge in [0.05, 0.1) is 27.8 Å². The van der Waals surface area contributed by atoms with Crippen LogP contribution in [0.5, 0.6) is 0 Å². The summed E-state index contributed by atoms with van der Waals surface area (Å²) in [6.07, 6.45) is 1.98. The van der Waals surface area contributed by atoms with E-state index in [9.17, 15) is 13.2 Å². The minimum Gasteiger partial charge on any atom is -0.367 e. The Bertz CT molecular complexity index is 1710. The fraction of sp³-hybridized carbons (Fsp3) is 0.179. The Labute approximate surface area is 215 Å². The van der Waals surface area contributed by atoms with Crippen LogP contribution in [0.3, 0.4) is 0 Å². The van der Waals surface area contributed by atoms with Crippen LogP contribution in [0.4, 0.5) is 5.82 Å². The van der Waals surface area contributed by atoms with Crippen LogP contribution in [0, 0.1) is 5.92 Å². The Balaban J connectivity index is 1.45. The molecule has 2 heterocycles. The highest BCUT2D eigenvalue weighted by molar-refractivity contribution is 7.89. The van der Waals surface area contributed by atoms with Crippen molar-refractivity contribution in [2.24, 2.45) is 11.1 Å². The summed E-state index contributed by atoms with van der Waals surface area (Å²) in [5.74, 6) is 1.13. The number of aromatic nitrogens is 3. The summed E-state index contributed by atoms with van der Waals surface area (Å²) in [5, 5.41) is 8.57. The van der Waals surface area contributed by atoms with E-state index in [1.807, 2.05) is 42.6 Å². The first-order valence-corrected chi connectivity index (χ1v) is 13.5. The van der Waals surface area contributed by atoms with Gasteiger partial charge in [-0.15, -0.1) is 0 Å². The van der Waals surface area contributed by atoms with Crippen LogP contribution in [0.25, 0.3) is 27.9 Å². The van der Waals surface area contributed by atoms with E-state index in [-0.39, 0.29) is 17.1 Å². The number of hydrogen-bond donors (Lipinski definition) is 2. The van der Waals surface area contributed by atoms with Crippen molar-refractivity contribution in [3.8, 4) is 11.3 Å². The predicted octanol–water partition coefficient (Wildman–Crippen LogP) is 4.69. The summed E-state index contributed by atoms with van der Waals surface area (Å²) in [6.45, 7) is 5.07. The first kappa shape index (κ1) is 24.6. The number of benzene rings is 3. The van der Waals surface area contributed by atoms with Crippen molar-refractivity contribution in [1.29, 1.82) is 0 Å². The number of nitrogens with two attached hydrogens (primary N) is 1. The Hall–Kier alpha value is -4.08. The number of imidazole rings is 1. The molecule has 0 amide bonds. The molecule has 0 fully saturated rings. The third-order valence-corrected chi connectivity index (χ3v) is 7.05. The van der Waals surface area contributed by atoms with Gasteiger partial charge in [0.15, 0.2) is 17.2 Å². The molecule has 0 saturated heterocycles. The van der Waals surface area contributed by atoms with Crippen molar-refractivity contribution in [1.82, 2.24) is 14.4 Å². The Kier molecular flexibility index (Phi) is 6.49. The van der Waals surface area contributed by atoms with Crippen molar-refractivity contribution < 1.29 is 13.2 Å². The van der Waals surface area contributed by atoms with Gasteiger partial charge in [-0.3, -0.25) is 9.20 Å². The molecule has 2 aromatic heterocycles. The molecule has 0 aliphatic heterocycles. The van der Waals surface area contributed by atoms with Gasteiger partial charge in [0.25, 0.3) is 0 Å². The lowest BCUT2D eigenvalue weighted by molar-refractivity contribution is 0.0993. The molecule has 5 aromatic rings. The van der Waals surface area contributed by atoms with Gasteiger partial charge >= 0.3 is 0 Å². The molecule has 0 spiro atoms. The van der Waals surface area contributed by atoms with Crippen LogP contribution >= 0.6 is 0 Å². The van der Waals surface area contributed by atoms with Gasteiger partial charge in [-0.25, -0.2) is 23.5 Å². The third kappa shape index (κ3) is 5.09. The smallest absolute Gasteiger partial charge is 0.238 e. The van der Waals surface area contributed by atoms with Crippen LogP contribution in [-0.4, -0.2) is 35.1 Å². The maximum atomic E-state index is 12.9. The second kappa shape index (κ2) is 9.76. The number of ketones is 1. The Morgan fingerprint density at radius 1 is 1.00 bits per heavy atom. The molecule has 3 N–H and O–H groups in total. The van der Waals surface area contributed by atoms with E-state index in [1.54, 1.807) is 24.3 Å². The van der Waals surface area contributed by atoms with E-state index >= 15 is 0 Å². The number of nitrogens with zero attached hydrogens (tertiary/aromatic N) is 3. The third-order valence-electron chi connectivity index (χ3n) is 6.13. The van der Waals surface area contributed by atoms with Gasteiger partial charge in [0, 0.05) is 24.1 Å². The highest BCUT2D eigenvalue weighted by Gasteiger charge is 2.16. The van der Waals surface area contributed by atoms with Crippen LogP contribution in [0.15, 0.2) is 83.9 Å².